The third kappa shape index (κ3) is 3.38. The average Bonchev–Trinajstić information content (AvgIpc) is 2.44. The maximum atomic E-state index is 13.3. The summed E-state index contributed by atoms with van der Waals surface area (Å²) < 4.78 is 19.9. The van der Waals surface area contributed by atoms with Crippen LogP contribution in [-0.2, 0) is 0 Å². The molecule has 0 saturated carbocycles. The SMILES string of the molecule is CNC(C)c1ccc(Oc2cc(F)ccc2C)c(Br)c1. The van der Waals surface area contributed by atoms with E-state index in [9.17, 15) is 4.39 Å². The Morgan fingerprint density at radius 1 is 1.15 bits per heavy atom. The van der Waals surface area contributed by atoms with Gasteiger partial charge in [-0.3, -0.25) is 0 Å². The summed E-state index contributed by atoms with van der Waals surface area (Å²) in [6, 6.07) is 10.7. The zero-order valence-electron chi connectivity index (χ0n) is 11.7. The Morgan fingerprint density at radius 2 is 1.90 bits per heavy atom. The molecule has 4 heteroatoms. The van der Waals surface area contributed by atoms with Gasteiger partial charge in [0, 0.05) is 12.1 Å². The molecule has 2 rings (SSSR count). The number of hydrogen-bond acceptors (Lipinski definition) is 2. The van der Waals surface area contributed by atoms with E-state index < -0.39 is 0 Å². The summed E-state index contributed by atoms with van der Waals surface area (Å²) in [6.07, 6.45) is 0. The molecule has 0 heterocycles. The van der Waals surface area contributed by atoms with Crippen molar-refractivity contribution in [2.45, 2.75) is 19.9 Å². The highest BCUT2D eigenvalue weighted by atomic mass is 79.9. The molecule has 0 aliphatic heterocycles. The Labute approximate surface area is 127 Å². The van der Waals surface area contributed by atoms with Crippen LogP contribution in [0, 0.1) is 12.7 Å². The quantitative estimate of drug-likeness (QED) is 0.850. The molecule has 20 heavy (non-hydrogen) atoms. The maximum Gasteiger partial charge on any atom is 0.141 e. The molecule has 0 amide bonds. The minimum atomic E-state index is -0.304. The van der Waals surface area contributed by atoms with Crippen molar-refractivity contribution < 1.29 is 9.13 Å². The summed E-state index contributed by atoms with van der Waals surface area (Å²) in [5, 5.41) is 3.18. The Morgan fingerprint density at radius 3 is 2.55 bits per heavy atom. The number of halogens is 2. The first kappa shape index (κ1) is 15.0. The molecule has 0 aliphatic rings. The van der Waals surface area contributed by atoms with Crippen molar-refractivity contribution in [3.63, 3.8) is 0 Å². The van der Waals surface area contributed by atoms with Gasteiger partial charge in [0.1, 0.15) is 17.3 Å². The number of rotatable bonds is 4. The fourth-order valence-corrected chi connectivity index (χ4v) is 2.32. The Balaban J connectivity index is 2.28. The molecule has 0 spiro atoms. The summed E-state index contributed by atoms with van der Waals surface area (Å²) in [5.74, 6) is 0.896. The Kier molecular flexibility index (Phi) is 4.78. The summed E-state index contributed by atoms with van der Waals surface area (Å²) in [7, 11) is 1.92. The molecule has 106 valence electrons. The number of benzene rings is 2. The fraction of sp³-hybridized carbons (Fsp3) is 0.250. The topological polar surface area (TPSA) is 21.3 Å². The van der Waals surface area contributed by atoms with E-state index in [1.807, 2.05) is 32.2 Å². The number of aryl methyl sites for hydroxylation is 1. The Bertz CT molecular complexity index is 615. The second-order valence-corrected chi connectivity index (χ2v) is 5.57. The van der Waals surface area contributed by atoms with Gasteiger partial charge in [-0.25, -0.2) is 4.39 Å². The van der Waals surface area contributed by atoms with Crippen LogP contribution in [0.15, 0.2) is 40.9 Å². The molecule has 2 aromatic carbocycles. The first-order valence-corrected chi connectivity index (χ1v) is 7.21. The lowest BCUT2D eigenvalue weighted by Crippen LogP contribution is -2.12. The van der Waals surface area contributed by atoms with Gasteiger partial charge in [0.25, 0.3) is 0 Å². The van der Waals surface area contributed by atoms with Crippen LogP contribution in [0.1, 0.15) is 24.1 Å². The number of ether oxygens (including phenoxy) is 1. The minimum absolute atomic E-state index is 0.260. The van der Waals surface area contributed by atoms with E-state index in [2.05, 4.69) is 28.2 Å². The predicted molar refractivity (Wildman–Crippen MR) is 82.8 cm³/mol. The molecule has 0 saturated heterocycles. The molecule has 1 N–H and O–H groups in total. The van der Waals surface area contributed by atoms with Crippen molar-refractivity contribution in [2.75, 3.05) is 7.05 Å². The summed E-state index contributed by atoms with van der Waals surface area (Å²) in [6.45, 7) is 3.97. The predicted octanol–water partition coefficient (Wildman–Crippen LogP) is 4.97. The molecule has 0 bridgehead atoms. The van der Waals surface area contributed by atoms with Crippen molar-refractivity contribution in [1.29, 1.82) is 0 Å². The molecule has 1 unspecified atom stereocenters. The molecule has 2 nitrogen and oxygen atoms in total. The summed E-state index contributed by atoms with van der Waals surface area (Å²) in [5.41, 5.74) is 2.05. The van der Waals surface area contributed by atoms with Gasteiger partial charge in [0.05, 0.1) is 4.47 Å². The van der Waals surface area contributed by atoms with Crippen molar-refractivity contribution in [2.24, 2.45) is 0 Å². The van der Waals surface area contributed by atoms with Gasteiger partial charge < -0.3 is 10.1 Å². The van der Waals surface area contributed by atoms with Crippen molar-refractivity contribution >= 4 is 15.9 Å². The standard InChI is InChI=1S/C16H17BrFNO/c1-10-4-6-13(18)9-16(10)20-15-7-5-12(8-14(15)17)11(2)19-3/h4-9,11,19H,1-3H3. The lowest BCUT2D eigenvalue weighted by molar-refractivity contribution is 0.469. The second-order valence-electron chi connectivity index (χ2n) is 4.71. The van der Waals surface area contributed by atoms with E-state index in [1.54, 1.807) is 6.07 Å². The Hall–Kier alpha value is -1.39. The molecular formula is C16H17BrFNO. The second kappa shape index (κ2) is 6.37. The summed E-state index contributed by atoms with van der Waals surface area (Å²) >= 11 is 3.50. The average molecular weight is 338 g/mol. The normalized spacial score (nSPS) is 12.2. The maximum absolute atomic E-state index is 13.3. The van der Waals surface area contributed by atoms with Crippen LogP contribution >= 0.6 is 15.9 Å². The van der Waals surface area contributed by atoms with Crippen LogP contribution in [-0.4, -0.2) is 7.05 Å². The van der Waals surface area contributed by atoms with Gasteiger partial charge >= 0.3 is 0 Å². The van der Waals surface area contributed by atoms with Crippen LogP contribution < -0.4 is 10.1 Å². The number of hydrogen-bond donors (Lipinski definition) is 1. The van der Waals surface area contributed by atoms with E-state index in [0.29, 0.717) is 11.5 Å². The summed E-state index contributed by atoms with van der Waals surface area (Å²) in [4.78, 5) is 0. The van der Waals surface area contributed by atoms with Gasteiger partial charge in [-0.05, 0) is 66.2 Å². The molecule has 0 aliphatic carbocycles. The van der Waals surface area contributed by atoms with Gasteiger partial charge in [-0.15, -0.1) is 0 Å². The first-order chi connectivity index (χ1) is 9.51. The van der Waals surface area contributed by atoms with Gasteiger partial charge in [0.2, 0.25) is 0 Å². The smallest absolute Gasteiger partial charge is 0.141 e. The van der Waals surface area contributed by atoms with Crippen molar-refractivity contribution in [3.05, 3.63) is 57.8 Å². The van der Waals surface area contributed by atoms with Crippen LogP contribution in [0.25, 0.3) is 0 Å². The van der Waals surface area contributed by atoms with E-state index in [1.165, 1.54) is 12.1 Å². The molecule has 2 aromatic rings. The monoisotopic (exact) mass is 337 g/mol. The van der Waals surface area contributed by atoms with Gasteiger partial charge in [-0.1, -0.05) is 12.1 Å². The fourth-order valence-electron chi connectivity index (χ4n) is 1.84. The van der Waals surface area contributed by atoms with E-state index >= 15 is 0 Å². The van der Waals surface area contributed by atoms with Gasteiger partial charge in [0.15, 0.2) is 0 Å². The van der Waals surface area contributed by atoms with Crippen LogP contribution in [0.3, 0.4) is 0 Å². The number of nitrogens with one attached hydrogen (secondary N) is 1. The largest absolute Gasteiger partial charge is 0.456 e. The zero-order chi connectivity index (χ0) is 14.7. The highest BCUT2D eigenvalue weighted by molar-refractivity contribution is 9.10. The molecule has 0 aromatic heterocycles. The highest BCUT2D eigenvalue weighted by Crippen LogP contribution is 2.33. The molecule has 0 fully saturated rings. The minimum Gasteiger partial charge on any atom is -0.456 e. The molecule has 0 radical (unpaired) electrons. The van der Waals surface area contributed by atoms with E-state index in [-0.39, 0.29) is 11.9 Å². The van der Waals surface area contributed by atoms with E-state index in [0.717, 1.165) is 15.6 Å². The third-order valence-electron chi connectivity index (χ3n) is 3.26. The van der Waals surface area contributed by atoms with Crippen LogP contribution in [0.4, 0.5) is 4.39 Å². The van der Waals surface area contributed by atoms with E-state index in [4.69, 9.17) is 4.74 Å². The van der Waals surface area contributed by atoms with Crippen molar-refractivity contribution in [3.8, 4) is 11.5 Å². The first-order valence-electron chi connectivity index (χ1n) is 6.42. The van der Waals surface area contributed by atoms with Crippen molar-refractivity contribution in [1.82, 2.24) is 5.32 Å². The van der Waals surface area contributed by atoms with Crippen LogP contribution in [0.2, 0.25) is 0 Å². The lowest BCUT2D eigenvalue weighted by Gasteiger charge is -2.14. The van der Waals surface area contributed by atoms with Gasteiger partial charge in [-0.2, -0.15) is 0 Å². The molecule has 1 atom stereocenters. The van der Waals surface area contributed by atoms with Crippen LogP contribution in [0.5, 0.6) is 11.5 Å². The third-order valence-corrected chi connectivity index (χ3v) is 3.88. The lowest BCUT2D eigenvalue weighted by atomic mass is 10.1. The highest BCUT2D eigenvalue weighted by Gasteiger charge is 2.09. The molecular weight excluding hydrogens is 321 g/mol. The zero-order valence-corrected chi connectivity index (χ0v) is 13.3.